The molecule has 0 aliphatic rings. The third kappa shape index (κ3) is 6.23. The maximum absolute atomic E-state index is 10.4. The van der Waals surface area contributed by atoms with Crippen molar-refractivity contribution in [2.24, 2.45) is 0 Å². The zero-order valence-corrected chi connectivity index (χ0v) is 20.0. The Hall–Kier alpha value is -3.64. The summed E-state index contributed by atoms with van der Waals surface area (Å²) in [4.78, 5) is 14.6. The Labute approximate surface area is 201 Å². The van der Waals surface area contributed by atoms with Crippen molar-refractivity contribution in [2.75, 3.05) is 18.4 Å². The molecule has 6 heteroatoms. The third-order valence-electron chi connectivity index (χ3n) is 5.77. The van der Waals surface area contributed by atoms with E-state index in [4.69, 9.17) is 4.98 Å². The lowest BCUT2D eigenvalue weighted by molar-refractivity contribution is 0.262. The minimum absolute atomic E-state index is 0.363. The molecule has 0 unspecified atom stereocenters. The minimum Gasteiger partial charge on any atom is -0.508 e. The van der Waals surface area contributed by atoms with Crippen LogP contribution < -0.4 is 5.32 Å². The van der Waals surface area contributed by atoms with Gasteiger partial charge in [-0.2, -0.15) is 0 Å². The number of anilines is 2. The van der Waals surface area contributed by atoms with E-state index in [0.717, 1.165) is 72.1 Å². The number of aromatic hydroxyl groups is 1. The molecule has 2 heterocycles. The molecule has 0 radical (unpaired) electrons. The lowest BCUT2D eigenvalue weighted by atomic mass is 10.1. The number of nitrogens with zero attached hydrogens (tertiary/aromatic N) is 3. The number of imidazole rings is 1. The van der Waals surface area contributed by atoms with Gasteiger partial charge in [0.2, 0.25) is 0 Å². The van der Waals surface area contributed by atoms with Crippen molar-refractivity contribution in [1.82, 2.24) is 19.9 Å². The van der Waals surface area contributed by atoms with E-state index in [1.165, 1.54) is 0 Å². The third-order valence-corrected chi connectivity index (χ3v) is 5.77. The zero-order chi connectivity index (χ0) is 23.8. The molecular formula is C28H33N5O. The number of phenolic OH excluding ortho intramolecular Hbond substituents is 1. The minimum atomic E-state index is 0.363. The fourth-order valence-corrected chi connectivity index (χ4v) is 4.14. The second-order valence-corrected chi connectivity index (χ2v) is 8.59. The van der Waals surface area contributed by atoms with E-state index in [9.17, 15) is 5.11 Å². The Morgan fingerprint density at radius 3 is 2.32 bits per heavy atom. The molecule has 0 atom stereocenters. The van der Waals surface area contributed by atoms with Gasteiger partial charge in [-0.3, -0.25) is 9.88 Å². The maximum atomic E-state index is 10.4. The van der Waals surface area contributed by atoms with Crippen LogP contribution in [-0.2, 0) is 13.0 Å². The number of benzene rings is 2. The molecule has 176 valence electrons. The molecule has 4 rings (SSSR count). The van der Waals surface area contributed by atoms with E-state index < -0.39 is 0 Å². The predicted molar refractivity (Wildman–Crippen MR) is 138 cm³/mol. The number of aromatic amines is 1. The van der Waals surface area contributed by atoms with Crippen LogP contribution in [0.4, 0.5) is 11.4 Å². The quantitative estimate of drug-likeness (QED) is 0.253. The Morgan fingerprint density at radius 2 is 1.62 bits per heavy atom. The number of hydrogen-bond acceptors (Lipinski definition) is 5. The van der Waals surface area contributed by atoms with Crippen molar-refractivity contribution in [3.63, 3.8) is 0 Å². The van der Waals surface area contributed by atoms with Crippen molar-refractivity contribution in [2.45, 2.75) is 39.7 Å². The Balaban J connectivity index is 1.42. The van der Waals surface area contributed by atoms with Gasteiger partial charge in [-0.05, 0) is 61.8 Å². The molecule has 2 aromatic heterocycles. The van der Waals surface area contributed by atoms with E-state index in [1.54, 1.807) is 18.5 Å². The summed E-state index contributed by atoms with van der Waals surface area (Å²) in [7, 11) is 0. The molecule has 3 N–H and O–H groups in total. The van der Waals surface area contributed by atoms with E-state index in [-0.39, 0.29) is 0 Å². The topological polar surface area (TPSA) is 77.1 Å². The summed E-state index contributed by atoms with van der Waals surface area (Å²) >= 11 is 0. The summed E-state index contributed by atoms with van der Waals surface area (Å²) in [6, 6.07) is 18.0. The van der Waals surface area contributed by atoms with Crippen molar-refractivity contribution >= 4 is 11.4 Å². The Bertz CT molecular complexity index is 1170. The first-order valence-electron chi connectivity index (χ1n) is 12.0. The van der Waals surface area contributed by atoms with Gasteiger partial charge in [0.1, 0.15) is 11.6 Å². The molecule has 4 aromatic rings. The van der Waals surface area contributed by atoms with Crippen molar-refractivity contribution in [3.05, 3.63) is 90.1 Å². The summed E-state index contributed by atoms with van der Waals surface area (Å²) in [6.07, 6.45) is 8.40. The fourth-order valence-electron chi connectivity index (χ4n) is 4.14. The lowest BCUT2D eigenvalue weighted by Gasteiger charge is -2.21. The van der Waals surface area contributed by atoms with E-state index in [0.29, 0.717) is 12.2 Å². The molecule has 0 saturated heterocycles. The summed E-state index contributed by atoms with van der Waals surface area (Å²) in [5, 5.41) is 13.8. The van der Waals surface area contributed by atoms with Crippen LogP contribution >= 0.6 is 0 Å². The predicted octanol–water partition coefficient (Wildman–Crippen LogP) is 6.13. The van der Waals surface area contributed by atoms with Crippen LogP contribution in [0, 0.1) is 0 Å². The highest BCUT2D eigenvalue weighted by Gasteiger charge is 2.11. The number of aromatic nitrogens is 3. The van der Waals surface area contributed by atoms with Gasteiger partial charge in [0.15, 0.2) is 0 Å². The van der Waals surface area contributed by atoms with Gasteiger partial charge in [0, 0.05) is 54.1 Å². The number of hydrogen-bond donors (Lipinski definition) is 3. The number of nitrogens with one attached hydrogen (secondary N) is 2. The molecule has 2 aromatic carbocycles. The first kappa shape index (κ1) is 23.5. The van der Waals surface area contributed by atoms with Crippen LogP contribution in [-0.4, -0.2) is 38.0 Å². The van der Waals surface area contributed by atoms with Crippen molar-refractivity contribution in [1.29, 1.82) is 0 Å². The summed E-state index contributed by atoms with van der Waals surface area (Å²) in [5.41, 5.74) is 6.11. The first-order chi connectivity index (χ1) is 16.6. The molecule has 0 aliphatic heterocycles. The molecule has 0 fully saturated rings. The van der Waals surface area contributed by atoms with E-state index >= 15 is 0 Å². The smallest absolute Gasteiger partial charge is 0.120 e. The number of pyridine rings is 1. The molecule has 34 heavy (non-hydrogen) atoms. The number of phenols is 1. The molecule has 0 amide bonds. The Kier molecular flexibility index (Phi) is 7.94. The fraction of sp³-hybridized carbons (Fsp3) is 0.286. The average molecular weight is 456 g/mol. The lowest BCUT2D eigenvalue weighted by Crippen LogP contribution is -2.25. The highest BCUT2D eigenvalue weighted by molar-refractivity contribution is 5.65. The van der Waals surface area contributed by atoms with Crippen LogP contribution in [0.3, 0.4) is 0 Å². The summed E-state index contributed by atoms with van der Waals surface area (Å²) in [6.45, 7) is 7.23. The van der Waals surface area contributed by atoms with Crippen LogP contribution in [0.25, 0.3) is 11.3 Å². The van der Waals surface area contributed by atoms with Gasteiger partial charge < -0.3 is 15.4 Å². The van der Waals surface area contributed by atoms with Gasteiger partial charge in [-0.25, -0.2) is 4.98 Å². The van der Waals surface area contributed by atoms with Crippen LogP contribution in [0.1, 0.15) is 43.6 Å². The monoisotopic (exact) mass is 455 g/mol. The molecule has 0 saturated carbocycles. The largest absolute Gasteiger partial charge is 0.508 e. The summed E-state index contributed by atoms with van der Waals surface area (Å²) < 4.78 is 0. The molecule has 0 spiro atoms. The molecular weight excluding hydrogens is 422 g/mol. The second-order valence-electron chi connectivity index (χ2n) is 8.59. The van der Waals surface area contributed by atoms with Crippen molar-refractivity contribution < 1.29 is 5.11 Å². The van der Waals surface area contributed by atoms with Gasteiger partial charge in [0.05, 0.1) is 5.69 Å². The van der Waals surface area contributed by atoms with E-state index in [2.05, 4.69) is 64.4 Å². The standard InChI is InChI=1S/C28H33N5O/c1-3-15-33(16-4-2)20-23-17-21(5-10-27(23)34)18-28-30-19-26(32-28)22-6-8-24(9-7-22)31-25-11-13-29-14-12-25/h5-14,17,19,34H,3-4,15-16,18,20H2,1-2H3,(H,29,31)(H,30,32). The van der Waals surface area contributed by atoms with Gasteiger partial charge in [0.25, 0.3) is 0 Å². The highest BCUT2D eigenvalue weighted by Crippen LogP contribution is 2.24. The van der Waals surface area contributed by atoms with Gasteiger partial charge >= 0.3 is 0 Å². The van der Waals surface area contributed by atoms with E-state index in [1.807, 2.05) is 24.4 Å². The van der Waals surface area contributed by atoms with Gasteiger partial charge in [-0.1, -0.05) is 38.1 Å². The SMILES string of the molecule is CCCN(CCC)Cc1cc(Cc2nc(-c3ccc(Nc4ccncc4)cc3)c[nH]2)ccc1O. The first-order valence-corrected chi connectivity index (χ1v) is 12.0. The van der Waals surface area contributed by atoms with Crippen LogP contribution in [0.15, 0.2) is 73.2 Å². The molecule has 6 nitrogen and oxygen atoms in total. The molecule has 0 aliphatic carbocycles. The summed E-state index contributed by atoms with van der Waals surface area (Å²) in [5.74, 6) is 1.27. The number of rotatable bonds is 11. The average Bonchev–Trinajstić information content (AvgIpc) is 3.31. The molecule has 0 bridgehead atoms. The van der Waals surface area contributed by atoms with Crippen LogP contribution in [0.5, 0.6) is 5.75 Å². The van der Waals surface area contributed by atoms with Crippen molar-refractivity contribution in [3.8, 4) is 17.0 Å². The van der Waals surface area contributed by atoms with Crippen LogP contribution in [0.2, 0.25) is 0 Å². The second kappa shape index (κ2) is 11.5. The normalized spacial score (nSPS) is 11.1. The van der Waals surface area contributed by atoms with Gasteiger partial charge in [-0.15, -0.1) is 0 Å². The Morgan fingerprint density at radius 1 is 0.912 bits per heavy atom. The maximum Gasteiger partial charge on any atom is 0.120 e. The number of H-pyrrole nitrogens is 1. The highest BCUT2D eigenvalue weighted by atomic mass is 16.3. The zero-order valence-electron chi connectivity index (χ0n) is 20.0.